The molecule has 0 radical (unpaired) electrons. The van der Waals surface area contributed by atoms with Crippen LogP contribution in [0.1, 0.15) is 26.2 Å². The van der Waals surface area contributed by atoms with Gasteiger partial charge in [0, 0.05) is 12.6 Å². The molecule has 4 N–H and O–H groups in total. The molecule has 1 rings (SSSR count). The molecule has 0 bridgehead atoms. The molecule has 3 nitrogen and oxygen atoms in total. The average molecular weight is 158 g/mol. The molecule has 66 valence electrons. The maximum absolute atomic E-state index is 5.84. The van der Waals surface area contributed by atoms with Gasteiger partial charge in [0.2, 0.25) is 0 Å². The van der Waals surface area contributed by atoms with Crippen molar-refractivity contribution in [2.24, 2.45) is 11.5 Å². The Morgan fingerprint density at radius 3 is 2.73 bits per heavy atom. The van der Waals surface area contributed by atoms with Crippen molar-refractivity contribution in [1.29, 1.82) is 0 Å². The van der Waals surface area contributed by atoms with Gasteiger partial charge in [-0.1, -0.05) is 6.92 Å². The minimum Gasteiger partial charge on any atom is -0.372 e. The van der Waals surface area contributed by atoms with E-state index in [1.165, 1.54) is 0 Å². The van der Waals surface area contributed by atoms with Crippen LogP contribution in [0, 0.1) is 0 Å². The fourth-order valence-electron chi connectivity index (χ4n) is 1.55. The predicted octanol–water partition coefficient (Wildman–Crippen LogP) is 0.230. The maximum Gasteiger partial charge on any atom is 0.0727 e. The minimum atomic E-state index is 0.225. The van der Waals surface area contributed by atoms with Gasteiger partial charge < -0.3 is 16.2 Å². The average Bonchev–Trinajstić information content (AvgIpc) is 2.05. The first-order valence-electron chi connectivity index (χ1n) is 4.39. The zero-order chi connectivity index (χ0) is 8.27. The molecule has 3 heteroatoms. The summed E-state index contributed by atoms with van der Waals surface area (Å²) in [7, 11) is 0. The molecule has 11 heavy (non-hydrogen) atoms. The summed E-state index contributed by atoms with van der Waals surface area (Å²) in [6.07, 6.45) is 3.56. The van der Waals surface area contributed by atoms with E-state index >= 15 is 0 Å². The second-order valence-corrected chi connectivity index (χ2v) is 3.18. The van der Waals surface area contributed by atoms with Crippen molar-refractivity contribution in [3.8, 4) is 0 Å². The molecular formula is C8H18N2O. The minimum absolute atomic E-state index is 0.225. The standard InChI is InChI=1S/C8H18N2O/c1-2-8-7(10)4-3-6(5-9)11-8/h6-8H,2-5,9-10H2,1H3. The molecule has 0 aliphatic carbocycles. The van der Waals surface area contributed by atoms with Crippen LogP contribution in [0.2, 0.25) is 0 Å². The number of hydrogen-bond donors (Lipinski definition) is 2. The van der Waals surface area contributed by atoms with Crippen molar-refractivity contribution >= 4 is 0 Å². The normalized spacial score (nSPS) is 39.0. The van der Waals surface area contributed by atoms with Crippen molar-refractivity contribution < 1.29 is 4.74 Å². The van der Waals surface area contributed by atoms with Crippen LogP contribution in [0.25, 0.3) is 0 Å². The van der Waals surface area contributed by atoms with Crippen LogP contribution in [-0.2, 0) is 4.74 Å². The molecule has 1 heterocycles. The molecule has 0 saturated carbocycles. The van der Waals surface area contributed by atoms with E-state index in [4.69, 9.17) is 16.2 Å². The van der Waals surface area contributed by atoms with Crippen molar-refractivity contribution in [2.75, 3.05) is 6.54 Å². The summed E-state index contributed by atoms with van der Waals surface area (Å²) in [4.78, 5) is 0. The van der Waals surface area contributed by atoms with E-state index in [-0.39, 0.29) is 18.2 Å². The number of ether oxygens (including phenoxy) is 1. The first kappa shape index (κ1) is 8.97. The summed E-state index contributed by atoms with van der Waals surface area (Å²) >= 11 is 0. The zero-order valence-corrected chi connectivity index (χ0v) is 7.12. The van der Waals surface area contributed by atoms with Gasteiger partial charge in [-0.2, -0.15) is 0 Å². The number of rotatable bonds is 2. The van der Waals surface area contributed by atoms with Gasteiger partial charge in [-0.05, 0) is 19.3 Å². The van der Waals surface area contributed by atoms with Crippen molar-refractivity contribution in [3.05, 3.63) is 0 Å². The smallest absolute Gasteiger partial charge is 0.0727 e. The van der Waals surface area contributed by atoms with Gasteiger partial charge in [0.05, 0.1) is 12.2 Å². The highest BCUT2D eigenvalue weighted by Gasteiger charge is 2.26. The van der Waals surface area contributed by atoms with Gasteiger partial charge in [0.1, 0.15) is 0 Å². The van der Waals surface area contributed by atoms with Gasteiger partial charge >= 0.3 is 0 Å². The first-order chi connectivity index (χ1) is 5.27. The van der Waals surface area contributed by atoms with Crippen LogP contribution in [0.4, 0.5) is 0 Å². The van der Waals surface area contributed by atoms with Gasteiger partial charge in [-0.15, -0.1) is 0 Å². The second-order valence-electron chi connectivity index (χ2n) is 3.18. The maximum atomic E-state index is 5.84. The summed E-state index contributed by atoms with van der Waals surface area (Å²) < 4.78 is 5.65. The van der Waals surface area contributed by atoms with Crippen molar-refractivity contribution in [3.63, 3.8) is 0 Å². The monoisotopic (exact) mass is 158 g/mol. The predicted molar refractivity (Wildman–Crippen MR) is 45.2 cm³/mol. The van der Waals surface area contributed by atoms with Gasteiger partial charge in [0.15, 0.2) is 0 Å². The molecule has 0 aromatic heterocycles. The quantitative estimate of drug-likeness (QED) is 0.604. The Hall–Kier alpha value is -0.120. The van der Waals surface area contributed by atoms with E-state index in [2.05, 4.69) is 6.92 Å². The molecule has 0 amide bonds. The molecule has 1 aliphatic rings. The van der Waals surface area contributed by atoms with Gasteiger partial charge in [-0.3, -0.25) is 0 Å². The van der Waals surface area contributed by atoms with E-state index in [0.717, 1.165) is 19.3 Å². The molecule has 1 aliphatic heterocycles. The zero-order valence-electron chi connectivity index (χ0n) is 7.12. The molecule has 1 fully saturated rings. The first-order valence-corrected chi connectivity index (χ1v) is 4.39. The highest BCUT2D eigenvalue weighted by atomic mass is 16.5. The van der Waals surface area contributed by atoms with Crippen LogP contribution in [-0.4, -0.2) is 24.8 Å². The lowest BCUT2D eigenvalue weighted by atomic mass is 9.98. The summed E-state index contributed by atoms with van der Waals surface area (Å²) in [5.41, 5.74) is 11.3. The van der Waals surface area contributed by atoms with Crippen molar-refractivity contribution in [1.82, 2.24) is 0 Å². The third kappa shape index (κ3) is 2.15. The largest absolute Gasteiger partial charge is 0.372 e. The van der Waals surface area contributed by atoms with Crippen LogP contribution in [0.3, 0.4) is 0 Å². The Balaban J connectivity index is 2.37. The Kier molecular flexibility index (Phi) is 3.30. The van der Waals surface area contributed by atoms with E-state index in [1.54, 1.807) is 0 Å². The molecule has 0 aromatic carbocycles. The molecule has 0 aromatic rings. The summed E-state index contributed by atoms with van der Waals surface area (Å²) in [5, 5.41) is 0. The Bertz CT molecular complexity index is 119. The second kappa shape index (κ2) is 4.04. The van der Waals surface area contributed by atoms with E-state index in [0.29, 0.717) is 6.54 Å². The fourth-order valence-corrected chi connectivity index (χ4v) is 1.55. The fraction of sp³-hybridized carbons (Fsp3) is 1.00. The lowest BCUT2D eigenvalue weighted by Crippen LogP contribution is -2.45. The topological polar surface area (TPSA) is 61.3 Å². The summed E-state index contributed by atoms with van der Waals surface area (Å²) in [6, 6.07) is 0.225. The molecule has 3 unspecified atom stereocenters. The van der Waals surface area contributed by atoms with Crippen LogP contribution in [0.5, 0.6) is 0 Å². The lowest BCUT2D eigenvalue weighted by molar-refractivity contribution is -0.0568. The Morgan fingerprint density at radius 2 is 2.18 bits per heavy atom. The van der Waals surface area contributed by atoms with E-state index < -0.39 is 0 Å². The lowest BCUT2D eigenvalue weighted by Gasteiger charge is -2.33. The number of nitrogens with two attached hydrogens (primary N) is 2. The van der Waals surface area contributed by atoms with E-state index in [9.17, 15) is 0 Å². The summed E-state index contributed by atoms with van der Waals surface area (Å²) in [5.74, 6) is 0. The SMILES string of the molecule is CCC1OC(CN)CCC1N. The van der Waals surface area contributed by atoms with Crippen LogP contribution >= 0.6 is 0 Å². The van der Waals surface area contributed by atoms with Crippen molar-refractivity contribution in [2.45, 2.75) is 44.4 Å². The molecular weight excluding hydrogens is 140 g/mol. The highest BCUT2D eigenvalue weighted by Crippen LogP contribution is 2.19. The summed E-state index contributed by atoms with van der Waals surface area (Å²) in [6.45, 7) is 2.73. The Morgan fingerprint density at radius 1 is 1.45 bits per heavy atom. The highest BCUT2D eigenvalue weighted by molar-refractivity contribution is 4.80. The van der Waals surface area contributed by atoms with Gasteiger partial charge in [0.25, 0.3) is 0 Å². The van der Waals surface area contributed by atoms with Crippen LogP contribution < -0.4 is 11.5 Å². The third-order valence-electron chi connectivity index (χ3n) is 2.33. The molecule has 3 atom stereocenters. The third-order valence-corrected chi connectivity index (χ3v) is 2.33. The Labute approximate surface area is 68.1 Å². The van der Waals surface area contributed by atoms with Gasteiger partial charge in [-0.25, -0.2) is 0 Å². The number of hydrogen-bond acceptors (Lipinski definition) is 3. The van der Waals surface area contributed by atoms with Crippen LogP contribution in [0.15, 0.2) is 0 Å². The van der Waals surface area contributed by atoms with E-state index in [1.807, 2.05) is 0 Å². The molecule has 1 saturated heterocycles. The molecule has 0 spiro atoms.